The Kier molecular flexibility index (Phi) is 4.43. The van der Waals surface area contributed by atoms with Crippen LogP contribution in [0.1, 0.15) is 13.8 Å². The molecule has 0 spiro atoms. The summed E-state index contributed by atoms with van der Waals surface area (Å²) >= 11 is 1.68. The highest BCUT2D eigenvalue weighted by Gasteiger charge is 2.00. The molecule has 0 aliphatic rings. The average Bonchev–Trinajstić information content (AvgIpc) is 2.17. The molecule has 0 heterocycles. The summed E-state index contributed by atoms with van der Waals surface area (Å²) in [6.45, 7) is 3.43. The van der Waals surface area contributed by atoms with Crippen molar-refractivity contribution in [3.8, 4) is 0 Å². The first kappa shape index (κ1) is 11.9. The molecule has 0 saturated carbocycles. The summed E-state index contributed by atoms with van der Waals surface area (Å²) < 4.78 is 0. The number of para-hydroxylation sites is 1. The van der Waals surface area contributed by atoms with Gasteiger partial charge in [-0.2, -0.15) is 0 Å². The molecule has 0 atom stereocenters. The third kappa shape index (κ3) is 3.80. The third-order valence-electron chi connectivity index (χ3n) is 1.86. The summed E-state index contributed by atoms with van der Waals surface area (Å²) in [6, 6.07) is 8.03. The lowest BCUT2D eigenvalue weighted by molar-refractivity contribution is -0.112. The Hall–Kier alpha value is -1.22. The van der Waals surface area contributed by atoms with E-state index in [0.29, 0.717) is 0 Å². The Morgan fingerprint density at radius 2 is 2.00 bits per heavy atom. The van der Waals surface area contributed by atoms with Crippen molar-refractivity contribution in [3.63, 3.8) is 0 Å². The van der Waals surface area contributed by atoms with Crippen LogP contribution in [0.15, 0.2) is 40.9 Å². The van der Waals surface area contributed by atoms with E-state index in [2.05, 4.69) is 5.32 Å². The van der Waals surface area contributed by atoms with Crippen LogP contribution in [0.25, 0.3) is 0 Å². The first-order chi connectivity index (χ1) is 7.13. The molecule has 0 bridgehead atoms. The normalized spacial score (nSPS) is 11.3. The second-order valence-electron chi connectivity index (χ2n) is 3.26. The van der Waals surface area contributed by atoms with Crippen LogP contribution in [0.3, 0.4) is 0 Å². The van der Waals surface area contributed by atoms with E-state index in [0.717, 1.165) is 11.4 Å². The SMILES string of the molecule is CSc1ccccc1N/C(C)=C\C(C)=O. The van der Waals surface area contributed by atoms with Gasteiger partial charge in [-0.3, -0.25) is 4.79 Å². The van der Waals surface area contributed by atoms with E-state index in [1.54, 1.807) is 24.8 Å². The van der Waals surface area contributed by atoms with Gasteiger partial charge in [0, 0.05) is 10.6 Å². The Morgan fingerprint density at radius 1 is 1.33 bits per heavy atom. The van der Waals surface area contributed by atoms with Gasteiger partial charge in [-0.25, -0.2) is 0 Å². The highest BCUT2D eigenvalue weighted by molar-refractivity contribution is 7.98. The first-order valence-electron chi connectivity index (χ1n) is 4.72. The van der Waals surface area contributed by atoms with Crippen LogP contribution in [0.5, 0.6) is 0 Å². The molecule has 3 heteroatoms. The monoisotopic (exact) mass is 221 g/mol. The van der Waals surface area contributed by atoms with Gasteiger partial charge in [-0.05, 0) is 38.3 Å². The zero-order valence-corrected chi connectivity index (χ0v) is 10.0. The minimum atomic E-state index is 0.0571. The summed E-state index contributed by atoms with van der Waals surface area (Å²) in [7, 11) is 0. The number of hydrogen-bond acceptors (Lipinski definition) is 3. The Labute approximate surface area is 94.8 Å². The summed E-state index contributed by atoms with van der Waals surface area (Å²) in [5, 5.41) is 3.21. The minimum absolute atomic E-state index is 0.0571. The molecule has 15 heavy (non-hydrogen) atoms. The highest BCUT2D eigenvalue weighted by Crippen LogP contribution is 2.25. The zero-order valence-electron chi connectivity index (χ0n) is 9.20. The lowest BCUT2D eigenvalue weighted by Gasteiger charge is -2.09. The Bertz CT molecular complexity index is 385. The Balaban J connectivity index is 2.84. The van der Waals surface area contributed by atoms with E-state index >= 15 is 0 Å². The predicted molar refractivity (Wildman–Crippen MR) is 66.3 cm³/mol. The highest BCUT2D eigenvalue weighted by atomic mass is 32.2. The van der Waals surface area contributed by atoms with Gasteiger partial charge in [0.15, 0.2) is 5.78 Å². The molecule has 0 radical (unpaired) electrons. The van der Waals surface area contributed by atoms with E-state index in [1.807, 2.05) is 37.4 Å². The molecule has 0 fully saturated rings. The van der Waals surface area contributed by atoms with Gasteiger partial charge in [0.05, 0.1) is 5.69 Å². The van der Waals surface area contributed by atoms with Crippen LogP contribution >= 0.6 is 11.8 Å². The van der Waals surface area contributed by atoms with E-state index in [1.165, 1.54) is 4.90 Å². The van der Waals surface area contributed by atoms with Crippen molar-refractivity contribution in [3.05, 3.63) is 36.0 Å². The van der Waals surface area contributed by atoms with Crippen molar-refractivity contribution >= 4 is 23.2 Å². The number of anilines is 1. The molecule has 1 aromatic carbocycles. The topological polar surface area (TPSA) is 29.1 Å². The molecule has 0 amide bonds. The molecular formula is C12H15NOS. The molecule has 1 aromatic rings. The minimum Gasteiger partial charge on any atom is -0.358 e. The fourth-order valence-electron chi connectivity index (χ4n) is 1.30. The number of rotatable bonds is 4. The third-order valence-corrected chi connectivity index (χ3v) is 2.65. The van der Waals surface area contributed by atoms with Gasteiger partial charge in [0.2, 0.25) is 0 Å². The van der Waals surface area contributed by atoms with E-state index in [9.17, 15) is 4.79 Å². The predicted octanol–water partition coefficient (Wildman–Crippen LogP) is 3.31. The maximum Gasteiger partial charge on any atom is 0.154 e. The van der Waals surface area contributed by atoms with Crippen LogP contribution in [-0.4, -0.2) is 12.0 Å². The molecule has 0 aromatic heterocycles. The summed E-state index contributed by atoms with van der Waals surface area (Å²) in [5.74, 6) is 0.0571. The fraction of sp³-hybridized carbons (Fsp3) is 0.250. The number of thioether (sulfide) groups is 1. The van der Waals surface area contributed by atoms with Crippen LogP contribution in [0, 0.1) is 0 Å². The number of ketones is 1. The van der Waals surface area contributed by atoms with Crippen LogP contribution in [0.4, 0.5) is 5.69 Å². The molecule has 0 saturated heterocycles. The van der Waals surface area contributed by atoms with Gasteiger partial charge in [-0.15, -0.1) is 11.8 Å². The van der Waals surface area contributed by atoms with Crippen LogP contribution < -0.4 is 5.32 Å². The number of allylic oxidation sites excluding steroid dienone is 2. The fourth-order valence-corrected chi connectivity index (χ4v) is 1.85. The lowest BCUT2D eigenvalue weighted by Crippen LogP contribution is -1.99. The van der Waals surface area contributed by atoms with E-state index < -0.39 is 0 Å². The van der Waals surface area contributed by atoms with Crippen LogP contribution in [0.2, 0.25) is 0 Å². The second-order valence-corrected chi connectivity index (χ2v) is 4.11. The van der Waals surface area contributed by atoms with Crippen LogP contribution in [-0.2, 0) is 4.79 Å². The molecule has 2 nitrogen and oxygen atoms in total. The van der Waals surface area contributed by atoms with Gasteiger partial charge < -0.3 is 5.32 Å². The van der Waals surface area contributed by atoms with Crippen molar-refractivity contribution in [2.45, 2.75) is 18.7 Å². The lowest BCUT2D eigenvalue weighted by atomic mass is 10.3. The number of carbonyl (C=O) groups is 1. The molecule has 1 N–H and O–H groups in total. The second kappa shape index (κ2) is 5.61. The first-order valence-corrected chi connectivity index (χ1v) is 5.95. The molecule has 80 valence electrons. The van der Waals surface area contributed by atoms with Crippen molar-refractivity contribution in [1.82, 2.24) is 0 Å². The number of hydrogen-bond donors (Lipinski definition) is 1. The average molecular weight is 221 g/mol. The molecule has 1 rings (SSSR count). The zero-order chi connectivity index (χ0) is 11.3. The maximum atomic E-state index is 10.9. The number of nitrogens with one attached hydrogen (secondary N) is 1. The van der Waals surface area contributed by atoms with E-state index in [4.69, 9.17) is 0 Å². The van der Waals surface area contributed by atoms with Gasteiger partial charge in [-0.1, -0.05) is 12.1 Å². The smallest absolute Gasteiger partial charge is 0.154 e. The van der Waals surface area contributed by atoms with Crippen molar-refractivity contribution in [2.24, 2.45) is 0 Å². The summed E-state index contributed by atoms with van der Waals surface area (Å²) in [5.41, 5.74) is 1.91. The maximum absolute atomic E-state index is 10.9. The standard InChI is InChI=1S/C12H15NOS/c1-9(8-10(2)14)13-11-6-4-5-7-12(11)15-3/h4-8,13H,1-3H3/b9-8-. The number of benzene rings is 1. The van der Waals surface area contributed by atoms with Crippen molar-refractivity contribution in [2.75, 3.05) is 11.6 Å². The van der Waals surface area contributed by atoms with Gasteiger partial charge in [0.1, 0.15) is 0 Å². The molecular weight excluding hydrogens is 206 g/mol. The molecule has 0 unspecified atom stereocenters. The number of carbonyl (C=O) groups excluding carboxylic acids is 1. The summed E-state index contributed by atoms with van der Waals surface area (Å²) in [6.07, 6.45) is 3.63. The van der Waals surface area contributed by atoms with E-state index in [-0.39, 0.29) is 5.78 Å². The van der Waals surface area contributed by atoms with Crippen molar-refractivity contribution < 1.29 is 4.79 Å². The molecule has 0 aliphatic heterocycles. The Morgan fingerprint density at radius 3 is 2.60 bits per heavy atom. The van der Waals surface area contributed by atoms with Crippen molar-refractivity contribution in [1.29, 1.82) is 0 Å². The largest absolute Gasteiger partial charge is 0.358 e. The van der Waals surface area contributed by atoms with Gasteiger partial charge in [0.25, 0.3) is 0 Å². The quantitative estimate of drug-likeness (QED) is 0.624. The molecule has 0 aliphatic carbocycles. The van der Waals surface area contributed by atoms with Gasteiger partial charge >= 0.3 is 0 Å². The summed E-state index contributed by atoms with van der Waals surface area (Å²) in [4.78, 5) is 12.1.